The van der Waals surface area contributed by atoms with Gasteiger partial charge in [-0.2, -0.15) is 0 Å². The lowest BCUT2D eigenvalue weighted by atomic mass is 10.9. The second kappa shape index (κ2) is 6.46. The van der Waals surface area contributed by atoms with Gasteiger partial charge < -0.3 is 9.47 Å². The molecule has 7 heteroatoms. The molecule has 0 saturated carbocycles. The summed E-state index contributed by atoms with van der Waals surface area (Å²) in [5, 5.41) is 0. The summed E-state index contributed by atoms with van der Waals surface area (Å²) in [4.78, 5) is 0. The molecule has 1 fully saturated rings. The summed E-state index contributed by atoms with van der Waals surface area (Å²) in [7, 11) is 2.09. The molecule has 0 spiro atoms. The third-order valence-corrected chi connectivity index (χ3v) is 99.9. The van der Waals surface area contributed by atoms with E-state index in [1.165, 1.54) is 0 Å². The first-order chi connectivity index (χ1) is 5.88. The normalized spacial score (nSPS) is 31.8. The zero-order valence-electron chi connectivity index (χ0n) is 8.21. The van der Waals surface area contributed by atoms with Gasteiger partial charge in [0.25, 0.3) is 0 Å². The molecule has 1 aliphatic rings. The molecule has 0 aromatic carbocycles. The minimum atomic E-state index is -0.274. The van der Waals surface area contributed by atoms with E-state index < -0.39 is 0 Å². The van der Waals surface area contributed by atoms with E-state index >= 15 is 0 Å². The van der Waals surface area contributed by atoms with Crippen molar-refractivity contribution in [3.05, 3.63) is 0 Å². The second-order valence-electron chi connectivity index (χ2n) is 3.32. The van der Waals surface area contributed by atoms with Crippen LogP contribution in [0.4, 0.5) is 0 Å². The summed E-state index contributed by atoms with van der Waals surface area (Å²) in [6.45, 7) is 5.96. The van der Waals surface area contributed by atoms with E-state index in [0.29, 0.717) is 40.1 Å². The van der Waals surface area contributed by atoms with Crippen molar-refractivity contribution < 1.29 is 9.47 Å². The monoisotopic (exact) mass is 252 g/mol. The Hall–Kier alpha value is 1.00. The first-order valence-electron chi connectivity index (χ1n) is 5.11. The predicted molar refractivity (Wildman–Crippen MR) is 68.4 cm³/mol. The van der Waals surface area contributed by atoms with Gasteiger partial charge in [-0.25, -0.2) is 0 Å². The summed E-state index contributed by atoms with van der Waals surface area (Å²) in [5.74, 6) is 0.404. The highest BCUT2D eigenvalue weighted by Crippen LogP contribution is 2.01. The standard InChI is InChI=1S/C5H20O2Si5/c1-3-6-5(7-4-2)12-10-8-9-11-12/h5,12H,3-4,8-11H2,1-2H3. The van der Waals surface area contributed by atoms with Crippen molar-refractivity contribution in [3.8, 4) is 0 Å². The molecule has 72 valence electrons. The van der Waals surface area contributed by atoms with Crippen LogP contribution in [0.5, 0.6) is 0 Å². The number of hydrogen-bond acceptors (Lipinski definition) is 2. The molecule has 1 heterocycles. The Bertz CT molecular complexity index is 112. The Labute approximate surface area is 84.6 Å². The van der Waals surface area contributed by atoms with Gasteiger partial charge in [-0.1, -0.05) is 0 Å². The van der Waals surface area contributed by atoms with E-state index in [1.807, 2.05) is 0 Å². The van der Waals surface area contributed by atoms with Gasteiger partial charge >= 0.3 is 0 Å². The molecule has 0 atom stereocenters. The zero-order chi connectivity index (χ0) is 8.81. The number of ether oxygens (including phenoxy) is 2. The molecule has 1 aliphatic heterocycles. The van der Waals surface area contributed by atoms with Crippen LogP contribution < -0.4 is 0 Å². The minimum absolute atomic E-state index is 0.274. The average molecular weight is 253 g/mol. The van der Waals surface area contributed by atoms with Gasteiger partial charge in [0.05, 0.1) is 7.83 Å². The van der Waals surface area contributed by atoms with E-state index in [4.69, 9.17) is 9.47 Å². The van der Waals surface area contributed by atoms with Crippen LogP contribution in [0.15, 0.2) is 0 Å². The van der Waals surface area contributed by atoms with E-state index in [0.717, 1.165) is 13.2 Å². The van der Waals surface area contributed by atoms with Crippen molar-refractivity contribution in [2.75, 3.05) is 13.2 Å². The number of hydrogen-bond donors (Lipinski definition) is 0. The van der Waals surface area contributed by atoms with Crippen molar-refractivity contribution in [2.45, 2.75) is 19.8 Å². The fourth-order valence-electron chi connectivity index (χ4n) is 1.88. The van der Waals surface area contributed by atoms with Crippen molar-refractivity contribution in [1.29, 1.82) is 0 Å². The molecule has 0 amide bonds. The SMILES string of the molecule is CCOC(OCC)[SiH]1[SiH2][SiH2][SiH2][SiH2]1. The third-order valence-electron chi connectivity index (χ3n) is 2.45. The van der Waals surface area contributed by atoms with Gasteiger partial charge in [-0.3, -0.25) is 0 Å². The lowest BCUT2D eigenvalue weighted by molar-refractivity contribution is -0.0822. The Morgan fingerprint density at radius 1 is 1.08 bits per heavy atom. The van der Waals surface area contributed by atoms with Gasteiger partial charge in [0.2, 0.25) is 0 Å². The largest absolute Gasteiger partial charge is 0.358 e. The molecular formula is C5H20O2Si5. The highest BCUT2D eigenvalue weighted by atomic mass is 30.1. The highest BCUT2D eigenvalue weighted by molar-refractivity contribution is 7.80. The van der Waals surface area contributed by atoms with Gasteiger partial charge in [0.1, 0.15) is 5.91 Å². The van der Waals surface area contributed by atoms with Gasteiger partial charge in [0.15, 0.2) is 0 Å². The fourth-order valence-corrected chi connectivity index (χ4v) is 205. The predicted octanol–water partition coefficient (Wildman–Crippen LogP) is -3.42. The van der Waals surface area contributed by atoms with Gasteiger partial charge in [-0.05, 0) is 31.0 Å². The number of rotatable bonds is 5. The maximum atomic E-state index is 5.72. The van der Waals surface area contributed by atoms with Crippen LogP contribution in [0, 0.1) is 0 Å². The van der Waals surface area contributed by atoms with Gasteiger partial charge in [0, 0.05) is 30.3 Å². The smallest absolute Gasteiger partial charge is 0.132 e. The summed E-state index contributed by atoms with van der Waals surface area (Å²) in [6.07, 6.45) is 0. The molecule has 1 rings (SSSR count). The van der Waals surface area contributed by atoms with Crippen molar-refractivity contribution in [1.82, 2.24) is 0 Å². The van der Waals surface area contributed by atoms with E-state index in [9.17, 15) is 0 Å². The molecular weight excluding hydrogens is 232 g/mol. The summed E-state index contributed by atoms with van der Waals surface area (Å²) >= 11 is 0. The first-order valence-corrected chi connectivity index (χ1v) is 24.3. The van der Waals surface area contributed by atoms with E-state index in [1.54, 1.807) is 0 Å². The molecule has 0 radical (unpaired) electrons. The van der Waals surface area contributed by atoms with Crippen LogP contribution in [-0.2, 0) is 9.47 Å². The maximum absolute atomic E-state index is 5.72. The topological polar surface area (TPSA) is 18.5 Å². The lowest BCUT2D eigenvalue weighted by Gasteiger charge is -2.21. The quantitative estimate of drug-likeness (QED) is 0.375. The van der Waals surface area contributed by atoms with E-state index in [-0.39, 0.29) is 7.83 Å². The molecule has 0 aromatic rings. The Morgan fingerprint density at radius 3 is 2.00 bits per heavy atom. The van der Waals surface area contributed by atoms with Crippen molar-refractivity contribution in [2.24, 2.45) is 0 Å². The average Bonchev–Trinajstić information content (AvgIpc) is 2.56. The van der Waals surface area contributed by atoms with Crippen LogP contribution in [0.2, 0.25) is 0 Å². The molecule has 0 bridgehead atoms. The molecule has 2 nitrogen and oxygen atoms in total. The van der Waals surface area contributed by atoms with Crippen LogP contribution in [0.3, 0.4) is 0 Å². The molecule has 1 saturated heterocycles. The summed E-state index contributed by atoms with van der Waals surface area (Å²) in [5.41, 5.74) is 0. The molecule has 0 aromatic heterocycles. The zero-order valence-corrected chi connectivity index (χ0v) is 15.0. The van der Waals surface area contributed by atoms with Crippen molar-refractivity contribution in [3.63, 3.8) is 0 Å². The van der Waals surface area contributed by atoms with Crippen LogP contribution in [-0.4, -0.2) is 61.2 Å². The maximum Gasteiger partial charge on any atom is 0.132 e. The summed E-state index contributed by atoms with van der Waals surface area (Å²) in [6, 6.07) is 0. The lowest BCUT2D eigenvalue weighted by Crippen LogP contribution is -2.43. The van der Waals surface area contributed by atoms with Crippen LogP contribution >= 0.6 is 0 Å². The molecule has 0 N–H and O–H groups in total. The second-order valence-corrected chi connectivity index (χ2v) is 48.5. The van der Waals surface area contributed by atoms with E-state index in [2.05, 4.69) is 13.8 Å². The van der Waals surface area contributed by atoms with Gasteiger partial charge in [-0.15, -0.1) is 0 Å². The first kappa shape index (κ1) is 11.1. The minimum Gasteiger partial charge on any atom is -0.358 e. The molecule has 0 unspecified atom stereocenters. The Kier molecular flexibility index (Phi) is 5.96. The highest BCUT2D eigenvalue weighted by Gasteiger charge is 2.28. The fraction of sp³-hybridized carbons (Fsp3) is 1.00. The Morgan fingerprint density at radius 2 is 1.58 bits per heavy atom. The molecule has 12 heavy (non-hydrogen) atoms. The van der Waals surface area contributed by atoms with Crippen LogP contribution in [0.1, 0.15) is 13.8 Å². The van der Waals surface area contributed by atoms with Crippen LogP contribution in [0.25, 0.3) is 0 Å². The summed E-state index contributed by atoms with van der Waals surface area (Å²) < 4.78 is 11.4. The Balaban J connectivity index is 2.29. The third kappa shape index (κ3) is 3.40. The molecule has 0 aliphatic carbocycles. The van der Waals surface area contributed by atoms with Crippen molar-refractivity contribution >= 4 is 42.1 Å².